The number of benzene rings is 3. The van der Waals surface area contributed by atoms with Gasteiger partial charge in [-0.25, -0.2) is 0 Å². The summed E-state index contributed by atoms with van der Waals surface area (Å²) < 4.78 is 0. The van der Waals surface area contributed by atoms with Crippen LogP contribution >= 0.6 is 23.4 Å². The second-order valence-electron chi connectivity index (χ2n) is 6.23. The molecule has 0 spiro atoms. The van der Waals surface area contributed by atoms with Gasteiger partial charge in [-0.05, 0) is 35.4 Å². The van der Waals surface area contributed by atoms with Crippen molar-refractivity contribution in [2.75, 3.05) is 5.75 Å². The maximum absolute atomic E-state index is 12.5. The summed E-state index contributed by atoms with van der Waals surface area (Å²) in [6.45, 7) is 0. The number of carbonyl (C=O) groups is 2. The van der Waals surface area contributed by atoms with E-state index in [2.05, 4.69) is 0 Å². The number of ketones is 1. The van der Waals surface area contributed by atoms with E-state index in [0.717, 1.165) is 22.3 Å². The monoisotopic (exact) mass is 394 g/mol. The molecule has 3 aromatic rings. The molecule has 3 rings (SSSR count). The van der Waals surface area contributed by atoms with Gasteiger partial charge in [-0.1, -0.05) is 66.2 Å². The molecule has 3 aromatic carbocycles. The molecule has 0 N–H and O–H groups in total. The standard InChI is InChI=1S/C23H19ClO2S/c24-21-12-10-19(11-13-21)18-6-8-20(9-7-18)23(26)14-17(15-25)16-27-22-4-2-1-3-5-22/h1-13,15,17H,14,16H2/t17-/m0/s1. The molecule has 4 heteroatoms. The molecule has 0 fully saturated rings. The van der Waals surface area contributed by atoms with E-state index in [1.165, 1.54) is 0 Å². The van der Waals surface area contributed by atoms with Crippen molar-refractivity contribution >= 4 is 35.4 Å². The lowest BCUT2D eigenvalue weighted by Gasteiger charge is -2.10. The maximum atomic E-state index is 12.5. The summed E-state index contributed by atoms with van der Waals surface area (Å²) in [7, 11) is 0. The van der Waals surface area contributed by atoms with Crippen molar-refractivity contribution in [3.05, 3.63) is 89.4 Å². The Morgan fingerprint density at radius 2 is 1.48 bits per heavy atom. The average Bonchev–Trinajstić information content (AvgIpc) is 2.72. The normalized spacial score (nSPS) is 11.7. The van der Waals surface area contributed by atoms with Crippen LogP contribution < -0.4 is 0 Å². The van der Waals surface area contributed by atoms with Crippen molar-refractivity contribution in [3.8, 4) is 11.1 Å². The van der Waals surface area contributed by atoms with Crippen molar-refractivity contribution in [2.45, 2.75) is 11.3 Å². The highest BCUT2D eigenvalue weighted by Gasteiger charge is 2.15. The van der Waals surface area contributed by atoms with Crippen LogP contribution in [0.25, 0.3) is 11.1 Å². The Morgan fingerprint density at radius 1 is 0.889 bits per heavy atom. The van der Waals surface area contributed by atoms with Gasteiger partial charge in [-0.2, -0.15) is 0 Å². The van der Waals surface area contributed by atoms with Gasteiger partial charge in [0.25, 0.3) is 0 Å². The number of aldehydes is 1. The van der Waals surface area contributed by atoms with Crippen LogP contribution in [0.5, 0.6) is 0 Å². The van der Waals surface area contributed by atoms with Gasteiger partial charge in [0.2, 0.25) is 0 Å². The SMILES string of the molecule is O=C[C@@H](CSc1ccccc1)CC(=O)c1ccc(-c2ccc(Cl)cc2)cc1. The number of thioether (sulfide) groups is 1. The van der Waals surface area contributed by atoms with Gasteiger partial charge in [0.15, 0.2) is 5.78 Å². The zero-order valence-electron chi connectivity index (χ0n) is 14.7. The lowest BCUT2D eigenvalue weighted by atomic mass is 9.98. The third-order valence-corrected chi connectivity index (χ3v) is 5.68. The van der Waals surface area contributed by atoms with Crippen molar-refractivity contribution in [3.63, 3.8) is 0 Å². The van der Waals surface area contributed by atoms with E-state index < -0.39 is 0 Å². The Labute approximate surface area is 168 Å². The summed E-state index contributed by atoms with van der Waals surface area (Å²) in [5.74, 6) is 0.296. The number of hydrogen-bond acceptors (Lipinski definition) is 3. The Bertz CT molecular complexity index is 890. The van der Waals surface area contributed by atoms with Crippen molar-refractivity contribution < 1.29 is 9.59 Å². The van der Waals surface area contributed by atoms with Crippen LogP contribution in [0.1, 0.15) is 16.8 Å². The molecule has 27 heavy (non-hydrogen) atoms. The zero-order chi connectivity index (χ0) is 19.1. The zero-order valence-corrected chi connectivity index (χ0v) is 16.2. The van der Waals surface area contributed by atoms with E-state index in [1.807, 2.05) is 78.9 Å². The molecule has 0 saturated carbocycles. The molecule has 2 nitrogen and oxygen atoms in total. The molecule has 0 aliphatic heterocycles. The smallest absolute Gasteiger partial charge is 0.163 e. The number of carbonyl (C=O) groups excluding carboxylic acids is 2. The molecule has 0 aliphatic carbocycles. The Morgan fingerprint density at radius 3 is 2.07 bits per heavy atom. The van der Waals surface area contributed by atoms with Gasteiger partial charge < -0.3 is 4.79 Å². The third kappa shape index (κ3) is 5.56. The van der Waals surface area contributed by atoms with E-state index in [4.69, 9.17) is 11.6 Å². The van der Waals surface area contributed by atoms with Gasteiger partial charge in [-0.15, -0.1) is 11.8 Å². The predicted octanol–water partition coefficient (Wildman–Crippen LogP) is 6.19. The minimum absolute atomic E-state index is 0.0107. The largest absolute Gasteiger partial charge is 0.303 e. The average molecular weight is 395 g/mol. The Kier molecular flexibility index (Phi) is 6.86. The fraction of sp³-hybridized carbons (Fsp3) is 0.130. The molecule has 0 radical (unpaired) electrons. The third-order valence-electron chi connectivity index (χ3n) is 4.23. The predicted molar refractivity (Wildman–Crippen MR) is 113 cm³/mol. The lowest BCUT2D eigenvalue weighted by molar-refractivity contribution is -0.110. The van der Waals surface area contributed by atoms with E-state index in [9.17, 15) is 9.59 Å². The summed E-state index contributed by atoms with van der Waals surface area (Å²) in [5, 5.41) is 0.693. The van der Waals surface area contributed by atoms with E-state index in [1.54, 1.807) is 11.8 Å². The van der Waals surface area contributed by atoms with Crippen molar-refractivity contribution in [2.24, 2.45) is 5.92 Å². The van der Waals surface area contributed by atoms with Gasteiger partial charge in [0.1, 0.15) is 6.29 Å². The molecule has 0 bridgehead atoms. The van der Waals surface area contributed by atoms with Crippen LogP contribution in [0.15, 0.2) is 83.8 Å². The van der Waals surface area contributed by atoms with Crippen LogP contribution in [0.4, 0.5) is 0 Å². The molecule has 1 atom stereocenters. The molecule has 0 heterocycles. The quantitative estimate of drug-likeness (QED) is 0.259. The fourth-order valence-electron chi connectivity index (χ4n) is 2.71. The highest BCUT2D eigenvalue weighted by molar-refractivity contribution is 7.99. The molecule has 136 valence electrons. The number of halogens is 1. The first-order valence-electron chi connectivity index (χ1n) is 8.68. The Balaban J connectivity index is 1.60. The molecule has 0 aromatic heterocycles. The van der Waals surface area contributed by atoms with E-state index in [0.29, 0.717) is 16.3 Å². The first kappa shape index (κ1) is 19.4. The van der Waals surface area contributed by atoms with E-state index >= 15 is 0 Å². The summed E-state index contributed by atoms with van der Waals surface area (Å²) in [6, 6.07) is 24.9. The van der Waals surface area contributed by atoms with E-state index in [-0.39, 0.29) is 18.1 Å². The minimum atomic E-state index is -0.293. The lowest BCUT2D eigenvalue weighted by Crippen LogP contribution is -2.12. The molecular formula is C23H19ClO2S. The highest BCUT2D eigenvalue weighted by Crippen LogP contribution is 2.24. The van der Waals surface area contributed by atoms with Gasteiger partial charge in [0, 0.05) is 33.6 Å². The van der Waals surface area contributed by atoms with Gasteiger partial charge >= 0.3 is 0 Å². The summed E-state index contributed by atoms with van der Waals surface area (Å²) in [5.41, 5.74) is 2.70. The molecule has 0 saturated heterocycles. The molecule has 0 unspecified atom stereocenters. The fourth-order valence-corrected chi connectivity index (χ4v) is 3.79. The Hall–Kier alpha value is -2.36. The van der Waals surface area contributed by atoms with Crippen LogP contribution in [0.3, 0.4) is 0 Å². The number of Topliss-reactive ketones (excluding diaryl/α,β-unsaturated/α-hetero) is 1. The first-order valence-corrected chi connectivity index (χ1v) is 10.0. The van der Waals surface area contributed by atoms with Crippen LogP contribution in [0, 0.1) is 5.92 Å². The molecule has 0 aliphatic rings. The second kappa shape index (κ2) is 9.54. The molecular weight excluding hydrogens is 376 g/mol. The summed E-state index contributed by atoms with van der Waals surface area (Å²) in [4.78, 5) is 25.0. The first-order chi connectivity index (χ1) is 13.2. The van der Waals surface area contributed by atoms with Crippen LogP contribution in [0.2, 0.25) is 5.02 Å². The number of hydrogen-bond donors (Lipinski definition) is 0. The maximum Gasteiger partial charge on any atom is 0.163 e. The highest BCUT2D eigenvalue weighted by atomic mass is 35.5. The van der Waals surface area contributed by atoms with Crippen LogP contribution in [-0.4, -0.2) is 17.8 Å². The second-order valence-corrected chi connectivity index (χ2v) is 7.76. The van der Waals surface area contributed by atoms with Gasteiger partial charge in [-0.3, -0.25) is 4.79 Å². The summed E-state index contributed by atoms with van der Waals surface area (Å²) >= 11 is 7.51. The van der Waals surface area contributed by atoms with Crippen LogP contribution in [-0.2, 0) is 4.79 Å². The molecule has 0 amide bonds. The van der Waals surface area contributed by atoms with Gasteiger partial charge in [0.05, 0.1) is 0 Å². The number of rotatable bonds is 8. The van der Waals surface area contributed by atoms with Crippen molar-refractivity contribution in [1.82, 2.24) is 0 Å². The topological polar surface area (TPSA) is 34.1 Å². The van der Waals surface area contributed by atoms with Crippen molar-refractivity contribution in [1.29, 1.82) is 0 Å². The minimum Gasteiger partial charge on any atom is -0.303 e. The summed E-state index contributed by atoms with van der Waals surface area (Å²) in [6.07, 6.45) is 1.11.